The largest absolute Gasteiger partial charge is 0.481 e. The Morgan fingerprint density at radius 2 is 1.86 bits per heavy atom. The zero-order valence-corrected chi connectivity index (χ0v) is 13.3. The topological polar surface area (TPSA) is 57.6 Å². The lowest BCUT2D eigenvalue weighted by molar-refractivity contribution is -0.148. The van der Waals surface area contributed by atoms with Crippen molar-refractivity contribution in [2.45, 2.75) is 44.9 Å². The lowest BCUT2D eigenvalue weighted by Crippen LogP contribution is -2.51. The number of carbonyl (C=O) groups is 2. The van der Waals surface area contributed by atoms with Crippen molar-refractivity contribution in [1.82, 2.24) is 4.90 Å². The molecular formula is C18H23NO3. The van der Waals surface area contributed by atoms with E-state index in [1.54, 1.807) is 11.8 Å². The molecule has 1 saturated heterocycles. The van der Waals surface area contributed by atoms with Crippen molar-refractivity contribution in [2.75, 3.05) is 13.1 Å². The fourth-order valence-corrected chi connectivity index (χ4v) is 3.85. The summed E-state index contributed by atoms with van der Waals surface area (Å²) < 4.78 is 0. The van der Waals surface area contributed by atoms with Crippen LogP contribution in [0.2, 0.25) is 0 Å². The van der Waals surface area contributed by atoms with Gasteiger partial charge in [0.15, 0.2) is 0 Å². The first-order valence-corrected chi connectivity index (χ1v) is 7.98. The zero-order valence-electron chi connectivity index (χ0n) is 13.3. The Bertz CT molecular complexity index is 621. The minimum atomic E-state index is -0.804. The van der Waals surface area contributed by atoms with E-state index in [-0.39, 0.29) is 5.91 Å². The number of likely N-dealkylation sites (tertiary alicyclic amines) is 1. The number of hydrogen-bond acceptors (Lipinski definition) is 2. The van der Waals surface area contributed by atoms with E-state index < -0.39 is 16.8 Å². The van der Waals surface area contributed by atoms with Crippen molar-refractivity contribution >= 4 is 11.9 Å². The van der Waals surface area contributed by atoms with E-state index in [4.69, 9.17) is 0 Å². The van der Waals surface area contributed by atoms with Crippen LogP contribution in [0, 0.1) is 12.3 Å². The molecule has 0 spiro atoms. The van der Waals surface area contributed by atoms with Gasteiger partial charge >= 0.3 is 5.97 Å². The van der Waals surface area contributed by atoms with Crippen LogP contribution in [0.15, 0.2) is 24.3 Å². The smallest absolute Gasteiger partial charge is 0.311 e. The summed E-state index contributed by atoms with van der Waals surface area (Å²) in [5.74, 6) is -0.681. The predicted octanol–water partition coefficient (Wildman–Crippen LogP) is 2.74. The third kappa shape index (κ3) is 2.13. The van der Waals surface area contributed by atoms with Crippen LogP contribution in [-0.4, -0.2) is 35.0 Å². The third-order valence-electron chi connectivity index (χ3n) is 5.55. The van der Waals surface area contributed by atoms with E-state index in [1.165, 1.54) is 0 Å². The Hall–Kier alpha value is -1.84. The first-order valence-electron chi connectivity index (χ1n) is 7.98. The van der Waals surface area contributed by atoms with Crippen LogP contribution in [0.1, 0.15) is 43.7 Å². The highest BCUT2D eigenvalue weighted by Crippen LogP contribution is 2.47. The zero-order chi connectivity index (χ0) is 16.0. The molecular weight excluding hydrogens is 278 g/mol. The van der Waals surface area contributed by atoms with E-state index >= 15 is 0 Å². The monoisotopic (exact) mass is 301 g/mol. The number of rotatable bonds is 3. The molecule has 2 aliphatic rings. The summed E-state index contributed by atoms with van der Waals surface area (Å²) in [6.45, 7) is 4.67. The van der Waals surface area contributed by atoms with E-state index in [9.17, 15) is 14.7 Å². The number of aliphatic carboxylic acids is 1. The lowest BCUT2D eigenvalue weighted by Gasteiger charge is -2.44. The van der Waals surface area contributed by atoms with Crippen LogP contribution in [0.4, 0.5) is 0 Å². The first-order chi connectivity index (χ1) is 10.4. The van der Waals surface area contributed by atoms with E-state index in [2.05, 4.69) is 6.07 Å². The highest BCUT2D eigenvalue weighted by Gasteiger charge is 2.51. The molecule has 1 atom stereocenters. The van der Waals surface area contributed by atoms with Crippen molar-refractivity contribution in [1.29, 1.82) is 0 Å². The normalized spacial score (nSPS) is 26.5. The second kappa shape index (κ2) is 5.11. The minimum absolute atomic E-state index is 0.123. The van der Waals surface area contributed by atoms with Gasteiger partial charge in [-0.3, -0.25) is 9.59 Å². The van der Waals surface area contributed by atoms with Crippen LogP contribution in [0.5, 0.6) is 0 Å². The van der Waals surface area contributed by atoms with Gasteiger partial charge in [0.25, 0.3) is 0 Å². The summed E-state index contributed by atoms with van der Waals surface area (Å²) in [4.78, 5) is 26.3. The van der Waals surface area contributed by atoms with Crippen molar-refractivity contribution in [3.8, 4) is 0 Å². The number of amides is 1. The second-order valence-electron chi connectivity index (χ2n) is 7.09. The average molecular weight is 301 g/mol. The van der Waals surface area contributed by atoms with Crippen LogP contribution in [0.25, 0.3) is 0 Å². The minimum Gasteiger partial charge on any atom is -0.481 e. The van der Waals surface area contributed by atoms with Crippen LogP contribution < -0.4 is 0 Å². The van der Waals surface area contributed by atoms with Crippen molar-refractivity contribution < 1.29 is 14.7 Å². The number of carboxylic acids is 1. The van der Waals surface area contributed by atoms with Crippen LogP contribution >= 0.6 is 0 Å². The highest BCUT2D eigenvalue weighted by molar-refractivity contribution is 5.91. The number of nitrogens with zero attached hydrogens (tertiary/aromatic N) is 1. The van der Waals surface area contributed by atoms with Gasteiger partial charge in [0.2, 0.25) is 5.91 Å². The Balaban J connectivity index is 1.88. The molecule has 22 heavy (non-hydrogen) atoms. The molecule has 1 heterocycles. The molecule has 3 rings (SSSR count). The van der Waals surface area contributed by atoms with E-state index in [1.807, 2.05) is 25.1 Å². The molecule has 0 radical (unpaired) electrons. The van der Waals surface area contributed by atoms with Gasteiger partial charge < -0.3 is 10.0 Å². The van der Waals surface area contributed by atoms with E-state index in [0.717, 1.165) is 30.4 Å². The van der Waals surface area contributed by atoms with Gasteiger partial charge in [-0.25, -0.2) is 0 Å². The maximum atomic E-state index is 13.1. The molecule has 1 N–H and O–H groups in total. The molecule has 1 aliphatic heterocycles. The molecule has 4 nitrogen and oxygen atoms in total. The number of carboxylic acid groups (broad SMARTS) is 1. The first kappa shape index (κ1) is 15.1. The third-order valence-corrected chi connectivity index (χ3v) is 5.55. The maximum absolute atomic E-state index is 13.1. The summed E-state index contributed by atoms with van der Waals surface area (Å²) in [6.07, 6.45) is 3.34. The molecule has 0 bridgehead atoms. The Morgan fingerprint density at radius 3 is 2.36 bits per heavy atom. The average Bonchev–Trinajstić information content (AvgIpc) is 2.83. The molecule has 4 heteroatoms. The standard InChI is InChI=1S/C18H23NO3/c1-13-6-3-4-7-14(13)18(8-5-9-18)15(20)19-11-10-17(2,12-19)16(21)22/h3-4,6-7H,5,8-12H2,1-2H3,(H,21,22). The fraction of sp³-hybridized carbons (Fsp3) is 0.556. The quantitative estimate of drug-likeness (QED) is 0.934. The summed E-state index contributed by atoms with van der Waals surface area (Å²) in [7, 11) is 0. The Kier molecular flexibility index (Phi) is 3.50. The molecule has 1 saturated carbocycles. The van der Waals surface area contributed by atoms with Crippen molar-refractivity contribution in [2.24, 2.45) is 5.41 Å². The summed E-state index contributed by atoms with van der Waals surface area (Å²) in [6, 6.07) is 8.08. The highest BCUT2D eigenvalue weighted by atomic mass is 16.4. The van der Waals surface area contributed by atoms with Gasteiger partial charge in [0, 0.05) is 13.1 Å². The van der Waals surface area contributed by atoms with Gasteiger partial charge in [-0.15, -0.1) is 0 Å². The summed E-state index contributed by atoms with van der Waals surface area (Å²) in [5.41, 5.74) is 1.05. The molecule has 1 aliphatic carbocycles. The molecule has 2 fully saturated rings. The number of hydrogen-bond donors (Lipinski definition) is 1. The Labute approximate surface area is 131 Å². The van der Waals surface area contributed by atoms with E-state index in [0.29, 0.717) is 19.5 Å². The number of carbonyl (C=O) groups excluding carboxylic acids is 1. The molecule has 118 valence electrons. The predicted molar refractivity (Wildman–Crippen MR) is 83.6 cm³/mol. The van der Waals surface area contributed by atoms with Gasteiger partial charge in [-0.1, -0.05) is 30.7 Å². The van der Waals surface area contributed by atoms with Gasteiger partial charge in [-0.05, 0) is 44.2 Å². The van der Waals surface area contributed by atoms with Gasteiger partial charge in [0.05, 0.1) is 10.8 Å². The molecule has 0 aromatic heterocycles. The van der Waals surface area contributed by atoms with Gasteiger partial charge in [-0.2, -0.15) is 0 Å². The van der Waals surface area contributed by atoms with Crippen molar-refractivity contribution in [3.05, 3.63) is 35.4 Å². The van der Waals surface area contributed by atoms with Crippen LogP contribution in [-0.2, 0) is 15.0 Å². The lowest BCUT2D eigenvalue weighted by atomic mass is 9.62. The number of aryl methyl sites for hydroxylation is 1. The SMILES string of the molecule is Cc1ccccc1C1(C(=O)N2CCC(C)(C(=O)O)C2)CCC1. The molecule has 1 aromatic rings. The second-order valence-corrected chi connectivity index (χ2v) is 7.09. The molecule has 1 unspecified atom stereocenters. The molecule has 1 amide bonds. The maximum Gasteiger partial charge on any atom is 0.311 e. The summed E-state index contributed by atoms with van der Waals surface area (Å²) >= 11 is 0. The van der Waals surface area contributed by atoms with Crippen molar-refractivity contribution in [3.63, 3.8) is 0 Å². The van der Waals surface area contributed by atoms with Crippen LogP contribution in [0.3, 0.4) is 0 Å². The molecule has 1 aromatic carbocycles. The Morgan fingerprint density at radius 1 is 1.18 bits per heavy atom. The van der Waals surface area contributed by atoms with Gasteiger partial charge in [0.1, 0.15) is 0 Å². The number of benzene rings is 1. The fourth-order valence-electron chi connectivity index (χ4n) is 3.85. The summed E-state index contributed by atoms with van der Waals surface area (Å²) in [5, 5.41) is 9.37.